The molecule has 4 heterocycles. The number of aliphatic hydroxyl groups is 1. The SMILES string of the molecule is COc1cc(F)c(-c2cc(Oc3cnc4c(N)nccn34)c(N3CCC[C@](N)([C@H](O)C(F)F)C3)cn2)cc1F. The lowest BCUT2D eigenvalue weighted by Gasteiger charge is -2.43. The number of halogens is 4. The van der Waals surface area contributed by atoms with E-state index in [2.05, 4.69) is 15.0 Å². The Morgan fingerprint density at radius 3 is 2.62 bits per heavy atom. The molecule has 1 saturated heterocycles. The van der Waals surface area contributed by atoms with Crippen LogP contribution in [0.4, 0.5) is 29.1 Å². The Bertz CT molecular complexity index is 1520. The van der Waals surface area contributed by atoms with E-state index in [0.29, 0.717) is 24.3 Å². The highest BCUT2D eigenvalue weighted by Crippen LogP contribution is 2.39. The zero-order valence-corrected chi connectivity index (χ0v) is 20.7. The molecule has 206 valence electrons. The van der Waals surface area contributed by atoms with E-state index in [1.807, 2.05) is 0 Å². The van der Waals surface area contributed by atoms with Gasteiger partial charge in [0.2, 0.25) is 5.88 Å². The van der Waals surface area contributed by atoms with Gasteiger partial charge < -0.3 is 30.9 Å². The van der Waals surface area contributed by atoms with Gasteiger partial charge >= 0.3 is 0 Å². The van der Waals surface area contributed by atoms with E-state index in [1.54, 1.807) is 11.1 Å². The topological polar surface area (TPSA) is 137 Å². The summed E-state index contributed by atoms with van der Waals surface area (Å²) in [7, 11) is 1.22. The number of piperidine rings is 1. The van der Waals surface area contributed by atoms with Crippen molar-refractivity contribution >= 4 is 17.2 Å². The third kappa shape index (κ3) is 4.88. The minimum Gasteiger partial charge on any atom is -0.494 e. The van der Waals surface area contributed by atoms with E-state index in [4.69, 9.17) is 20.9 Å². The molecule has 10 nitrogen and oxygen atoms in total. The summed E-state index contributed by atoms with van der Waals surface area (Å²) in [6.07, 6.45) is 1.26. The van der Waals surface area contributed by atoms with Crippen molar-refractivity contribution in [3.63, 3.8) is 0 Å². The number of aliphatic hydroxyl groups excluding tert-OH is 1. The Hall–Kier alpha value is -4.17. The number of anilines is 2. The predicted molar refractivity (Wildman–Crippen MR) is 134 cm³/mol. The number of imidazole rings is 1. The third-order valence-corrected chi connectivity index (χ3v) is 6.72. The highest BCUT2D eigenvalue weighted by Gasteiger charge is 2.43. The van der Waals surface area contributed by atoms with Crippen LogP contribution in [0.1, 0.15) is 12.8 Å². The van der Waals surface area contributed by atoms with Crippen molar-refractivity contribution in [1.82, 2.24) is 19.4 Å². The van der Waals surface area contributed by atoms with Crippen LogP contribution >= 0.6 is 0 Å². The number of nitrogens with two attached hydrogens (primary N) is 2. The molecule has 0 aliphatic carbocycles. The Balaban J connectivity index is 1.60. The van der Waals surface area contributed by atoms with Crippen LogP contribution in [-0.4, -0.2) is 62.7 Å². The van der Waals surface area contributed by atoms with Gasteiger partial charge in [0.05, 0.1) is 36.4 Å². The van der Waals surface area contributed by atoms with Gasteiger partial charge in [-0.25, -0.2) is 27.5 Å². The van der Waals surface area contributed by atoms with E-state index in [1.165, 1.54) is 36.2 Å². The molecule has 2 atom stereocenters. The molecule has 1 fully saturated rings. The average molecular weight is 548 g/mol. The van der Waals surface area contributed by atoms with Crippen LogP contribution in [0.25, 0.3) is 16.9 Å². The summed E-state index contributed by atoms with van der Waals surface area (Å²) < 4.78 is 68.6. The van der Waals surface area contributed by atoms with Crippen LogP contribution in [0.5, 0.6) is 17.4 Å². The molecule has 0 bridgehead atoms. The highest BCUT2D eigenvalue weighted by atomic mass is 19.3. The zero-order chi connectivity index (χ0) is 27.9. The first-order valence-electron chi connectivity index (χ1n) is 11.9. The first-order chi connectivity index (χ1) is 18.6. The number of pyridine rings is 1. The molecule has 0 radical (unpaired) electrons. The van der Waals surface area contributed by atoms with Gasteiger partial charge in [0.15, 0.2) is 28.8 Å². The molecule has 0 saturated carbocycles. The molecular weight excluding hydrogens is 522 g/mol. The maximum absolute atomic E-state index is 14.9. The summed E-state index contributed by atoms with van der Waals surface area (Å²) in [5.74, 6) is -1.36. The van der Waals surface area contributed by atoms with E-state index >= 15 is 0 Å². The van der Waals surface area contributed by atoms with Crippen LogP contribution < -0.4 is 25.8 Å². The number of aromatic nitrogens is 4. The molecule has 1 aromatic carbocycles. The lowest BCUT2D eigenvalue weighted by Crippen LogP contribution is -2.63. The molecule has 5 rings (SSSR count). The van der Waals surface area contributed by atoms with Gasteiger partial charge in [-0.2, -0.15) is 0 Å². The van der Waals surface area contributed by atoms with Crippen LogP contribution in [0.2, 0.25) is 0 Å². The Kier molecular flexibility index (Phi) is 6.91. The van der Waals surface area contributed by atoms with Crippen molar-refractivity contribution < 1.29 is 32.1 Å². The Labute approximate surface area is 219 Å². The number of hydrogen-bond donors (Lipinski definition) is 3. The lowest BCUT2D eigenvalue weighted by atomic mass is 9.84. The van der Waals surface area contributed by atoms with Crippen LogP contribution in [0.3, 0.4) is 0 Å². The molecule has 4 aromatic rings. The molecule has 0 unspecified atom stereocenters. The molecule has 14 heteroatoms. The summed E-state index contributed by atoms with van der Waals surface area (Å²) in [5, 5.41) is 10.1. The summed E-state index contributed by atoms with van der Waals surface area (Å²) in [4.78, 5) is 14.2. The predicted octanol–water partition coefficient (Wildman–Crippen LogP) is 3.38. The molecule has 0 amide bonds. The number of methoxy groups -OCH3 is 1. The number of benzene rings is 1. The Morgan fingerprint density at radius 2 is 1.87 bits per heavy atom. The summed E-state index contributed by atoms with van der Waals surface area (Å²) in [5.41, 5.74) is 11.1. The smallest absolute Gasteiger partial charge is 0.265 e. The number of ether oxygens (including phenoxy) is 2. The van der Waals surface area contributed by atoms with Gasteiger partial charge in [0.1, 0.15) is 11.9 Å². The molecule has 1 aliphatic rings. The van der Waals surface area contributed by atoms with Crippen LogP contribution in [0, 0.1) is 11.6 Å². The molecule has 1 aliphatic heterocycles. The third-order valence-electron chi connectivity index (χ3n) is 6.72. The lowest BCUT2D eigenvalue weighted by molar-refractivity contribution is -0.0529. The van der Waals surface area contributed by atoms with E-state index in [9.17, 15) is 22.7 Å². The fourth-order valence-corrected chi connectivity index (χ4v) is 4.69. The van der Waals surface area contributed by atoms with Crippen LogP contribution in [0.15, 0.2) is 43.0 Å². The quantitative estimate of drug-likeness (QED) is 0.298. The fourth-order valence-electron chi connectivity index (χ4n) is 4.69. The molecule has 0 spiro atoms. The van der Waals surface area contributed by atoms with Crippen molar-refractivity contribution in [3.8, 4) is 28.6 Å². The number of rotatable bonds is 7. The van der Waals surface area contributed by atoms with E-state index in [-0.39, 0.29) is 47.4 Å². The van der Waals surface area contributed by atoms with E-state index in [0.717, 1.165) is 12.1 Å². The monoisotopic (exact) mass is 547 g/mol. The van der Waals surface area contributed by atoms with Crippen LogP contribution in [-0.2, 0) is 0 Å². The van der Waals surface area contributed by atoms with Crippen molar-refractivity contribution in [2.45, 2.75) is 30.9 Å². The van der Waals surface area contributed by atoms with Crippen molar-refractivity contribution in [2.75, 3.05) is 30.8 Å². The van der Waals surface area contributed by atoms with Gasteiger partial charge in [-0.15, -0.1) is 0 Å². The molecule has 39 heavy (non-hydrogen) atoms. The second kappa shape index (κ2) is 10.2. The maximum atomic E-state index is 14.9. The summed E-state index contributed by atoms with van der Waals surface area (Å²) >= 11 is 0. The van der Waals surface area contributed by atoms with Crippen molar-refractivity contribution in [1.29, 1.82) is 0 Å². The number of hydrogen-bond acceptors (Lipinski definition) is 9. The van der Waals surface area contributed by atoms with Gasteiger partial charge in [0.25, 0.3) is 6.43 Å². The van der Waals surface area contributed by atoms with Gasteiger partial charge in [0, 0.05) is 43.2 Å². The summed E-state index contributed by atoms with van der Waals surface area (Å²) in [6.45, 7) is 0.257. The van der Waals surface area contributed by atoms with Crippen molar-refractivity contribution in [2.24, 2.45) is 5.73 Å². The van der Waals surface area contributed by atoms with Gasteiger partial charge in [-0.3, -0.25) is 9.38 Å². The number of fused-ring (bicyclic) bond motifs is 1. The minimum atomic E-state index is -3.03. The highest BCUT2D eigenvalue weighted by molar-refractivity contribution is 5.69. The van der Waals surface area contributed by atoms with Gasteiger partial charge in [-0.05, 0) is 18.9 Å². The number of alkyl halides is 2. The number of nitrogen functional groups attached to an aromatic ring is 1. The standard InChI is InChI=1S/C25H25F4N7O3/c1-38-18-8-14(26)13(7-15(18)27)16-9-19(39-20-11-34-24-23(30)32-4-6-36(20)24)17(10-33-16)35-5-2-3-25(31,12-35)21(37)22(28)29/h4,6-11,21-22,37H,2-3,5,12,31H2,1H3,(H2,30,32)/t21-,25-/m1/s1. The fraction of sp³-hybridized carbons (Fsp3) is 0.320. The molecular formula is C25H25F4N7O3. The zero-order valence-electron chi connectivity index (χ0n) is 20.7. The Morgan fingerprint density at radius 1 is 1.08 bits per heavy atom. The molecule has 3 aromatic heterocycles. The first kappa shape index (κ1) is 26.4. The second-order valence-electron chi connectivity index (χ2n) is 9.25. The van der Waals surface area contributed by atoms with Gasteiger partial charge in [-0.1, -0.05) is 0 Å². The number of nitrogens with zero attached hydrogens (tertiary/aromatic N) is 5. The minimum absolute atomic E-state index is 0.0337. The van der Waals surface area contributed by atoms with E-state index < -0.39 is 29.7 Å². The normalized spacial score (nSPS) is 18.5. The van der Waals surface area contributed by atoms with Crippen molar-refractivity contribution in [3.05, 3.63) is 54.6 Å². The molecule has 5 N–H and O–H groups in total. The largest absolute Gasteiger partial charge is 0.494 e. The first-order valence-corrected chi connectivity index (χ1v) is 11.9. The summed E-state index contributed by atoms with van der Waals surface area (Å²) in [6, 6.07) is 3.24. The average Bonchev–Trinajstić information content (AvgIpc) is 3.33. The maximum Gasteiger partial charge on any atom is 0.265 e. The second-order valence-corrected chi connectivity index (χ2v) is 9.25.